The molecule has 6 aromatic heterocycles. The smallest absolute Gasteiger partial charge is 0.161 e. The van der Waals surface area contributed by atoms with E-state index in [4.69, 9.17) is 4.98 Å². The molecule has 0 aromatic carbocycles. The maximum absolute atomic E-state index is 4.83. The van der Waals surface area contributed by atoms with Crippen molar-refractivity contribution in [1.29, 1.82) is 0 Å². The van der Waals surface area contributed by atoms with Crippen LogP contribution in [0.3, 0.4) is 0 Å². The van der Waals surface area contributed by atoms with Gasteiger partial charge in [-0.05, 0) is 25.1 Å². The van der Waals surface area contributed by atoms with Gasteiger partial charge in [0.2, 0.25) is 0 Å². The summed E-state index contributed by atoms with van der Waals surface area (Å²) < 4.78 is 2.04. The van der Waals surface area contributed by atoms with Crippen LogP contribution < -0.4 is 0 Å². The Morgan fingerprint density at radius 2 is 1.87 bits per heavy atom. The first-order valence-corrected chi connectivity index (χ1v) is 9.77. The lowest BCUT2D eigenvalue weighted by Crippen LogP contribution is -1.94. The lowest BCUT2D eigenvalue weighted by atomic mass is 10.1. The van der Waals surface area contributed by atoms with E-state index >= 15 is 0 Å². The van der Waals surface area contributed by atoms with Crippen molar-refractivity contribution in [3.63, 3.8) is 0 Å². The monoisotopic (exact) mass is 407 g/mol. The minimum absolute atomic E-state index is 0.630. The molecule has 0 saturated heterocycles. The normalized spacial score (nSPS) is 11.5. The van der Waals surface area contributed by atoms with E-state index in [0.29, 0.717) is 22.8 Å². The zero-order valence-electron chi connectivity index (χ0n) is 16.8. The van der Waals surface area contributed by atoms with Gasteiger partial charge in [0, 0.05) is 48.5 Å². The summed E-state index contributed by atoms with van der Waals surface area (Å²) in [5, 5.41) is 8.36. The zero-order valence-corrected chi connectivity index (χ0v) is 16.8. The Hall–Kier alpha value is -4.40. The number of aromatic nitrogens is 9. The standard InChI is InChI=1S/C22H17N9/c1-12-25-11-17(31(12)2)14-8-16-19(29-30-20(16)26-10-14)22-27-18-15(5-7-24-21(18)28-22)13-4-3-6-23-9-13/h3-11H,1-2H3,(H,24,27,28)(H,26,29,30). The molecular weight excluding hydrogens is 390 g/mol. The molecule has 9 heteroatoms. The van der Waals surface area contributed by atoms with Crippen molar-refractivity contribution in [2.24, 2.45) is 7.05 Å². The van der Waals surface area contributed by atoms with Crippen LogP contribution in [0, 0.1) is 6.92 Å². The molecular formula is C22H17N9. The quantitative estimate of drug-likeness (QED) is 0.463. The molecule has 0 bridgehead atoms. The topological polar surface area (TPSA) is 114 Å². The van der Waals surface area contributed by atoms with Crippen LogP contribution >= 0.6 is 0 Å². The summed E-state index contributed by atoms with van der Waals surface area (Å²) in [6.45, 7) is 1.97. The highest BCUT2D eigenvalue weighted by Crippen LogP contribution is 2.31. The van der Waals surface area contributed by atoms with Gasteiger partial charge in [0.25, 0.3) is 0 Å². The molecule has 0 aliphatic heterocycles. The fourth-order valence-electron chi connectivity index (χ4n) is 3.77. The number of aromatic amines is 2. The maximum atomic E-state index is 4.83. The van der Waals surface area contributed by atoms with E-state index < -0.39 is 0 Å². The molecule has 0 saturated carbocycles. The Morgan fingerprint density at radius 3 is 2.68 bits per heavy atom. The Kier molecular flexibility index (Phi) is 3.69. The first-order valence-electron chi connectivity index (χ1n) is 9.77. The van der Waals surface area contributed by atoms with E-state index in [1.165, 1.54) is 0 Å². The van der Waals surface area contributed by atoms with Gasteiger partial charge >= 0.3 is 0 Å². The van der Waals surface area contributed by atoms with Gasteiger partial charge in [0.15, 0.2) is 17.1 Å². The highest BCUT2D eigenvalue weighted by molar-refractivity contribution is 5.95. The first-order chi connectivity index (χ1) is 15.2. The number of pyridine rings is 3. The number of H-pyrrole nitrogens is 2. The van der Waals surface area contributed by atoms with Gasteiger partial charge in [-0.1, -0.05) is 6.07 Å². The van der Waals surface area contributed by atoms with Crippen molar-refractivity contribution in [2.75, 3.05) is 0 Å². The van der Waals surface area contributed by atoms with Crippen LogP contribution in [0.4, 0.5) is 0 Å². The van der Waals surface area contributed by atoms with E-state index in [1.807, 2.05) is 55.3 Å². The summed E-state index contributed by atoms with van der Waals surface area (Å²) >= 11 is 0. The number of fused-ring (bicyclic) bond motifs is 2. The summed E-state index contributed by atoms with van der Waals surface area (Å²) in [5.41, 5.74) is 6.75. The second-order valence-corrected chi connectivity index (χ2v) is 7.32. The van der Waals surface area contributed by atoms with E-state index in [0.717, 1.165) is 39.1 Å². The van der Waals surface area contributed by atoms with Crippen LogP contribution in [0.15, 0.2) is 55.2 Å². The van der Waals surface area contributed by atoms with Gasteiger partial charge in [-0.3, -0.25) is 10.1 Å². The van der Waals surface area contributed by atoms with Crippen LogP contribution in [0.1, 0.15) is 5.82 Å². The van der Waals surface area contributed by atoms with E-state index in [-0.39, 0.29) is 0 Å². The molecule has 0 radical (unpaired) electrons. The maximum Gasteiger partial charge on any atom is 0.161 e. The van der Waals surface area contributed by atoms with Crippen molar-refractivity contribution < 1.29 is 0 Å². The van der Waals surface area contributed by atoms with Gasteiger partial charge in [-0.2, -0.15) is 5.10 Å². The van der Waals surface area contributed by atoms with Gasteiger partial charge in [-0.25, -0.2) is 19.9 Å². The number of hydrogen-bond donors (Lipinski definition) is 2. The van der Waals surface area contributed by atoms with E-state index in [9.17, 15) is 0 Å². The zero-order chi connectivity index (χ0) is 20.9. The average molecular weight is 407 g/mol. The van der Waals surface area contributed by atoms with Gasteiger partial charge in [-0.15, -0.1) is 0 Å². The molecule has 0 aliphatic carbocycles. The molecule has 0 aliphatic rings. The number of nitrogens with zero attached hydrogens (tertiary/aromatic N) is 7. The Morgan fingerprint density at radius 1 is 0.935 bits per heavy atom. The van der Waals surface area contributed by atoms with Gasteiger partial charge < -0.3 is 9.55 Å². The molecule has 0 fully saturated rings. The fourth-order valence-corrected chi connectivity index (χ4v) is 3.77. The van der Waals surface area contributed by atoms with Crippen LogP contribution in [0.2, 0.25) is 0 Å². The highest BCUT2D eigenvalue weighted by Gasteiger charge is 2.17. The van der Waals surface area contributed by atoms with Gasteiger partial charge in [0.05, 0.1) is 17.3 Å². The summed E-state index contributed by atoms with van der Waals surface area (Å²) in [6, 6.07) is 7.91. The molecule has 2 N–H and O–H groups in total. The van der Waals surface area contributed by atoms with Crippen molar-refractivity contribution in [3.8, 4) is 33.9 Å². The highest BCUT2D eigenvalue weighted by atomic mass is 15.2. The molecule has 6 aromatic rings. The van der Waals surface area contributed by atoms with Crippen LogP contribution in [-0.4, -0.2) is 44.7 Å². The summed E-state index contributed by atoms with van der Waals surface area (Å²) in [7, 11) is 1.99. The van der Waals surface area contributed by atoms with Crippen LogP contribution in [0.5, 0.6) is 0 Å². The molecule has 6 heterocycles. The number of nitrogens with one attached hydrogen (secondary N) is 2. The van der Waals surface area contributed by atoms with Crippen LogP contribution in [-0.2, 0) is 7.05 Å². The summed E-state index contributed by atoms with van der Waals surface area (Å²) in [6.07, 6.45) is 9.01. The van der Waals surface area contributed by atoms with Crippen molar-refractivity contribution >= 4 is 22.2 Å². The molecule has 0 amide bonds. The minimum Gasteiger partial charge on any atom is -0.331 e. The number of imidazole rings is 2. The molecule has 150 valence electrons. The van der Waals surface area contributed by atoms with Crippen molar-refractivity contribution in [1.82, 2.24) is 44.7 Å². The predicted octanol–water partition coefficient (Wildman–Crippen LogP) is 3.67. The Labute approximate surface area is 176 Å². The molecule has 0 unspecified atom stereocenters. The van der Waals surface area contributed by atoms with E-state index in [2.05, 4.69) is 41.2 Å². The predicted molar refractivity (Wildman–Crippen MR) is 117 cm³/mol. The lowest BCUT2D eigenvalue weighted by molar-refractivity contribution is 0.865. The SMILES string of the molecule is Cc1ncc(-c2cnc3[nH]nc(-c4nc5c(-c6cccnc6)ccnc5[nH]4)c3c2)n1C. The largest absolute Gasteiger partial charge is 0.331 e. The molecule has 0 spiro atoms. The number of hydrogen-bond acceptors (Lipinski definition) is 6. The van der Waals surface area contributed by atoms with Crippen molar-refractivity contribution in [2.45, 2.75) is 6.92 Å². The third-order valence-corrected chi connectivity index (χ3v) is 5.51. The second kappa shape index (κ2) is 6.56. The Balaban J connectivity index is 1.52. The number of aryl methyl sites for hydroxylation is 1. The lowest BCUT2D eigenvalue weighted by Gasteiger charge is -2.03. The third-order valence-electron chi connectivity index (χ3n) is 5.51. The molecule has 31 heavy (non-hydrogen) atoms. The Bertz CT molecular complexity index is 1560. The minimum atomic E-state index is 0.630. The van der Waals surface area contributed by atoms with Gasteiger partial charge in [0.1, 0.15) is 17.0 Å². The average Bonchev–Trinajstić information content (AvgIpc) is 3.50. The van der Waals surface area contributed by atoms with Crippen LogP contribution in [0.25, 0.3) is 56.1 Å². The van der Waals surface area contributed by atoms with E-state index in [1.54, 1.807) is 12.4 Å². The first kappa shape index (κ1) is 17.5. The summed E-state index contributed by atoms with van der Waals surface area (Å²) in [5.74, 6) is 1.57. The third kappa shape index (κ3) is 2.71. The molecule has 6 rings (SSSR count). The van der Waals surface area contributed by atoms with Crippen molar-refractivity contribution in [3.05, 3.63) is 61.1 Å². The molecule has 0 atom stereocenters. The second-order valence-electron chi connectivity index (χ2n) is 7.32. The number of rotatable bonds is 3. The fraction of sp³-hybridized carbons (Fsp3) is 0.0909. The summed E-state index contributed by atoms with van der Waals surface area (Å²) in [4.78, 5) is 25.7. The molecule has 9 nitrogen and oxygen atoms in total.